The van der Waals surface area contributed by atoms with Crippen molar-refractivity contribution in [2.45, 2.75) is 38.5 Å². The summed E-state index contributed by atoms with van der Waals surface area (Å²) < 4.78 is 0.875. The zero-order valence-corrected chi connectivity index (χ0v) is 12.6. The molecule has 0 unspecified atom stereocenters. The maximum atomic E-state index is 11.2. The van der Waals surface area contributed by atoms with E-state index in [1.165, 1.54) is 5.56 Å². The highest BCUT2D eigenvalue weighted by Crippen LogP contribution is 2.44. The fourth-order valence-electron chi connectivity index (χ4n) is 2.48. The summed E-state index contributed by atoms with van der Waals surface area (Å²) in [5, 5.41) is 9.17. The number of carbonyl (C=O) groups is 1. The third-order valence-electron chi connectivity index (χ3n) is 3.59. The van der Waals surface area contributed by atoms with E-state index in [0.29, 0.717) is 5.56 Å². The SMILES string of the molecule is CC1(C)C=CC(C)(C)c2c(Br)cc(C(=O)O)cc21. The first-order chi connectivity index (χ1) is 8.15. The monoisotopic (exact) mass is 308 g/mol. The molecular formula is C15H17BrO2. The lowest BCUT2D eigenvalue weighted by molar-refractivity contribution is 0.0696. The van der Waals surface area contributed by atoms with Crippen LogP contribution in [0.5, 0.6) is 0 Å². The van der Waals surface area contributed by atoms with Gasteiger partial charge in [0.05, 0.1) is 5.56 Å². The number of fused-ring (bicyclic) bond motifs is 1. The quantitative estimate of drug-likeness (QED) is 0.787. The molecule has 1 aliphatic rings. The molecule has 0 radical (unpaired) electrons. The molecular weight excluding hydrogens is 292 g/mol. The first-order valence-corrected chi connectivity index (χ1v) is 6.73. The molecule has 3 heteroatoms. The van der Waals surface area contributed by atoms with Crippen molar-refractivity contribution >= 4 is 21.9 Å². The van der Waals surface area contributed by atoms with Crippen LogP contribution in [0.1, 0.15) is 49.2 Å². The predicted octanol–water partition coefficient (Wildman–Crippen LogP) is 4.27. The summed E-state index contributed by atoms with van der Waals surface area (Å²) in [4.78, 5) is 11.2. The maximum absolute atomic E-state index is 11.2. The number of hydrogen-bond donors (Lipinski definition) is 1. The normalized spacial score (nSPS) is 19.4. The van der Waals surface area contributed by atoms with Crippen molar-refractivity contribution in [3.05, 3.63) is 45.4 Å². The first-order valence-electron chi connectivity index (χ1n) is 5.93. The molecule has 0 aromatic heterocycles. The third-order valence-corrected chi connectivity index (χ3v) is 4.22. The van der Waals surface area contributed by atoms with Crippen molar-refractivity contribution in [2.24, 2.45) is 0 Å². The Morgan fingerprint density at radius 1 is 1.11 bits per heavy atom. The fraction of sp³-hybridized carbons (Fsp3) is 0.400. The molecule has 96 valence electrons. The van der Waals surface area contributed by atoms with Gasteiger partial charge in [-0.3, -0.25) is 0 Å². The molecule has 1 aromatic carbocycles. The van der Waals surface area contributed by atoms with Crippen molar-refractivity contribution < 1.29 is 9.90 Å². The number of benzene rings is 1. The number of carboxylic acid groups (broad SMARTS) is 1. The van der Waals surface area contributed by atoms with Gasteiger partial charge in [0.25, 0.3) is 0 Å². The Kier molecular flexibility index (Phi) is 2.93. The Labute approximate surface area is 116 Å². The zero-order chi connectivity index (χ0) is 13.7. The minimum Gasteiger partial charge on any atom is -0.478 e. The van der Waals surface area contributed by atoms with Gasteiger partial charge in [-0.1, -0.05) is 55.8 Å². The largest absolute Gasteiger partial charge is 0.478 e. The molecule has 0 aliphatic heterocycles. The molecule has 0 heterocycles. The summed E-state index contributed by atoms with van der Waals surface area (Å²) in [5.41, 5.74) is 2.38. The zero-order valence-electron chi connectivity index (χ0n) is 11.0. The Bertz CT molecular complexity index is 554. The molecule has 0 saturated heterocycles. The Balaban J connectivity index is 2.79. The lowest BCUT2D eigenvalue weighted by Crippen LogP contribution is -2.30. The van der Waals surface area contributed by atoms with E-state index in [1.807, 2.05) is 0 Å². The summed E-state index contributed by atoms with van der Waals surface area (Å²) in [7, 11) is 0. The van der Waals surface area contributed by atoms with Gasteiger partial charge in [-0.25, -0.2) is 4.79 Å². The highest BCUT2D eigenvalue weighted by atomic mass is 79.9. The van der Waals surface area contributed by atoms with Crippen LogP contribution < -0.4 is 0 Å². The van der Waals surface area contributed by atoms with Crippen molar-refractivity contribution in [1.29, 1.82) is 0 Å². The van der Waals surface area contributed by atoms with Crippen LogP contribution in [0.2, 0.25) is 0 Å². The molecule has 0 atom stereocenters. The van der Waals surface area contributed by atoms with E-state index >= 15 is 0 Å². The van der Waals surface area contributed by atoms with Gasteiger partial charge in [0, 0.05) is 15.3 Å². The van der Waals surface area contributed by atoms with Crippen molar-refractivity contribution in [3.63, 3.8) is 0 Å². The number of hydrogen-bond acceptors (Lipinski definition) is 1. The van der Waals surface area contributed by atoms with Gasteiger partial charge in [0.15, 0.2) is 0 Å². The van der Waals surface area contributed by atoms with Gasteiger partial charge in [-0.15, -0.1) is 0 Å². The van der Waals surface area contributed by atoms with Gasteiger partial charge in [-0.05, 0) is 23.3 Å². The van der Waals surface area contributed by atoms with Gasteiger partial charge < -0.3 is 5.11 Å². The maximum Gasteiger partial charge on any atom is 0.335 e. The molecule has 0 amide bonds. The number of allylic oxidation sites excluding steroid dienone is 2. The smallest absolute Gasteiger partial charge is 0.335 e. The molecule has 1 aromatic rings. The van der Waals surface area contributed by atoms with Gasteiger partial charge >= 0.3 is 5.97 Å². The van der Waals surface area contributed by atoms with E-state index in [-0.39, 0.29) is 10.8 Å². The predicted molar refractivity (Wildman–Crippen MR) is 76.3 cm³/mol. The van der Waals surface area contributed by atoms with Crippen LogP contribution in [0, 0.1) is 0 Å². The van der Waals surface area contributed by atoms with Crippen molar-refractivity contribution in [3.8, 4) is 0 Å². The lowest BCUT2D eigenvalue weighted by Gasteiger charge is -2.37. The second kappa shape index (κ2) is 3.95. The average Bonchev–Trinajstić information content (AvgIpc) is 2.23. The summed E-state index contributed by atoms with van der Waals surface area (Å²) in [6, 6.07) is 3.49. The highest BCUT2D eigenvalue weighted by Gasteiger charge is 2.35. The molecule has 0 bridgehead atoms. The molecule has 1 N–H and O–H groups in total. The van der Waals surface area contributed by atoms with E-state index < -0.39 is 5.97 Å². The van der Waals surface area contributed by atoms with Crippen LogP contribution in [-0.2, 0) is 10.8 Å². The molecule has 2 nitrogen and oxygen atoms in total. The van der Waals surface area contributed by atoms with E-state index in [9.17, 15) is 9.90 Å². The van der Waals surface area contributed by atoms with Crippen molar-refractivity contribution in [2.75, 3.05) is 0 Å². The topological polar surface area (TPSA) is 37.3 Å². The van der Waals surface area contributed by atoms with E-state index in [1.54, 1.807) is 12.1 Å². The van der Waals surface area contributed by atoms with E-state index in [4.69, 9.17) is 0 Å². The first kappa shape index (κ1) is 13.3. The summed E-state index contributed by atoms with van der Waals surface area (Å²) in [6.07, 6.45) is 4.36. The van der Waals surface area contributed by atoms with Crippen LogP contribution >= 0.6 is 15.9 Å². The second-order valence-electron chi connectivity index (χ2n) is 5.96. The van der Waals surface area contributed by atoms with Crippen LogP contribution in [0.4, 0.5) is 0 Å². The Hall–Kier alpha value is -1.09. The second-order valence-corrected chi connectivity index (χ2v) is 6.82. The van der Waals surface area contributed by atoms with E-state index in [2.05, 4.69) is 55.8 Å². The number of carboxylic acids is 1. The molecule has 0 saturated carbocycles. The summed E-state index contributed by atoms with van der Waals surface area (Å²) in [5.74, 6) is -0.887. The summed E-state index contributed by atoms with van der Waals surface area (Å²) in [6.45, 7) is 8.50. The number of rotatable bonds is 1. The summed E-state index contributed by atoms with van der Waals surface area (Å²) >= 11 is 3.53. The number of halogens is 1. The van der Waals surface area contributed by atoms with Crippen LogP contribution in [0.15, 0.2) is 28.8 Å². The molecule has 0 fully saturated rings. The highest BCUT2D eigenvalue weighted by molar-refractivity contribution is 9.10. The van der Waals surface area contributed by atoms with Gasteiger partial charge in [0.2, 0.25) is 0 Å². The van der Waals surface area contributed by atoms with E-state index in [0.717, 1.165) is 10.0 Å². The minimum atomic E-state index is -0.887. The molecule has 1 aliphatic carbocycles. The van der Waals surface area contributed by atoms with Crippen LogP contribution in [0.25, 0.3) is 0 Å². The lowest BCUT2D eigenvalue weighted by atomic mass is 9.67. The Morgan fingerprint density at radius 2 is 1.67 bits per heavy atom. The minimum absolute atomic E-state index is 0.0826. The standard InChI is InChI=1S/C15H17BrO2/c1-14(2)5-6-15(3,4)12-10(14)7-9(13(17)18)8-11(12)16/h5-8H,1-4H3,(H,17,18). The molecule has 0 spiro atoms. The fourth-order valence-corrected chi connectivity index (χ4v) is 3.45. The van der Waals surface area contributed by atoms with Crippen LogP contribution in [-0.4, -0.2) is 11.1 Å². The van der Waals surface area contributed by atoms with Gasteiger partial charge in [-0.2, -0.15) is 0 Å². The molecule has 2 rings (SSSR count). The Morgan fingerprint density at radius 3 is 2.22 bits per heavy atom. The number of aromatic carboxylic acids is 1. The third kappa shape index (κ3) is 2.01. The van der Waals surface area contributed by atoms with Gasteiger partial charge in [0.1, 0.15) is 0 Å². The average molecular weight is 309 g/mol. The molecule has 18 heavy (non-hydrogen) atoms. The van der Waals surface area contributed by atoms with Crippen molar-refractivity contribution in [1.82, 2.24) is 0 Å². The van der Waals surface area contributed by atoms with Crippen LogP contribution in [0.3, 0.4) is 0 Å².